The van der Waals surface area contributed by atoms with Gasteiger partial charge in [-0.2, -0.15) is 0 Å². The molecule has 0 aromatic heterocycles. The van der Waals surface area contributed by atoms with Crippen LogP contribution in [-0.2, 0) is 4.79 Å². The van der Waals surface area contributed by atoms with Gasteiger partial charge in [-0.3, -0.25) is 4.79 Å². The molecule has 0 aliphatic carbocycles. The van der Waals surface area contributed by atoms with Gasteiger partial charge in [0, 0.05) is 26.6 Å². The topological polar surface area (TPSA) is 49.8 Å². The van der Waals surface area contributed by atoms with E-state index in [4.69, 9.17) is 9.84 Å². The van der Waals surface area contributed by atoms with Gasteiger partial charge in [0.2, 0.25) is 5.91 Å². The Morgan fingerprint density at radius 3 is 2.67 bits per heavy atom. The van der Waals surface area contributed by atoms with Crippen LogP contribution in [-0.4, -0.2) is 42.7 Å². The number of aliphatic hydroxyl groups excluding tert-OH is 1. The van der Waals surface area contributed by atoms with Crippen molar-refractivity contribution < 1.29 is 14.6 Å². The Bertz CT molecular complexity index is 420. The first kappa shape index (κ1) is 17.5. The fraction of sp³-hybridized carbons (Fsp3) is 0.588. The summed E-state index contributed by atoms with van der Waals surface area (Å²) in [6, 6.07) is 7.90. The van der Waals surface area contributed by atoms with E-state index in [1.165, 1.54) is 0 Å². The molecule has 0 saturated carbocycles. The number of unbranched alkanes of at least 4 members (excludes halogenated alkanes) is 2. The van der Waals surface area contributed by atoms with Crippen LogP contribution in [0.2, 0.25) is 0 Å². The largest absolute Gasteiger partial charge is 0.493 e. The third kappa shape index (κ3) is 7.14. The fourth-order valence-electron chi connectivity index (χ4n) is 2.08. The predicted molar refractivity (Wildman–Crippen MR) is 84.5 cm³/mol. The van der Waals surface area contributed by atoms with E-state index in [0.29, 0.717) is 13.0 Å². The van der Waals surface area contributed by atoms with Crippen molar-refractivity contribution >= 4 is 5.91 Å². The lowest BCUT2D eigenvalue weighted by Crippen LogP contribution is -2.27. The summed E-state index contributed by atoms with van der Waals surface area (Å²) >= 11 is 0. The molecular formula is C17H27NO3. The predicted octanol–water partition coefficient (Wildman–Crippen LogP) is 2.78. The van der Waals surface area contributed by atoms with Gasteiger partial charge in [-0.25, -0.2) is 0 Å². The molecule has 0 atom stereocenters. The first-order chi connectivity index (χ1) is 10.1. The summed E-state index contributed by atoms with van der Waals surface area (Å²) in [6.45, 7) is 3.57. The molecule has 1 aromatic rings. The molecule has 0 bridgehead atoms. The lowest BCUT2D eigenvalue weighted by Gasteiger charge is -2.17. The number of para-hydroxylation sites is 1. The van der Waals surface area contributed by atoms with E-state index >= 15 is 0 Å². The number of aliphatic hydroxyl groups is 1. The average molecular weight is 293 g/mol. The molecule has 4 heteroatoms. The van der Waals surface area contributed by atoms with Gasteiger partial charge in [0.1, 0.15) is 5.75 Å². The molecule has 0 spiro atoms. The molecule has 0 heterocycles. The summed E-state index contributed by atoms with van der Waals surface area (Å²) in [5.74, 6) is 1.05. The van der Waals surface area contributed by atoms with Crippen molar-refractivity contribution in [3.8, 4) is 5.75 Å². The molecule has 1 rings (SSSR count). The van der Waals surface area contributed by atoms with Crippen molar-refractivity contribution in [1.29, 1.82) is 0 Å². The second kappa shape index (κ2) is 10.2. The third-order valence-corrected chi connectivity index (χ3v) is 3.46. The van der Waals surface area contributed by atoms with Gasteiger partial charge >= 0.3 is 0 Å². The Morgan fingerprint density at radius 1 is 1.19 bits per heavy atom. The highest BCUT2D eigenvalue weighted by molar-refractivity contribution is 5.75. The Hall–Kier alpha value is -1.55. The van der Waals surface area contributed by atoms with E-state index in [-0.39, 0.29) is 12.5 Å². The highest BCUT2D eigenvalue weighted by Crippen LogP contribution is 2.16. The first-order valence-electron chi connectivity index (χ1n) is 7.68. The third-order valence-electron chi connectivity index (χ3n) is 3.46. The van der Waals surface area contributed by atoms with Crippen LogP contribution in [0, 0.1) is 6.92 Å². The SMILES string of the molecule is Cc1ccccc1OCCCC(=O)N(C)CCCCCO. The van der Waals surface area contributed by atoms with E-state index in [2.05, 4.69) is 0 Å². The fourth-order valence-corrected chi connectivity index (χ4v) is 2.08. The van der Waals surface area contributed by atoms with Gasteiger partial charge in [-0.05, 0) is 44.2 Å². The first-order valence-corrected chi connectivity index (χ1v) is 7.68. The van der Waals surface area contributed by atoms with Crippen molar-refractivity contribution in [3.05, 3.63) is 29.8 Å². The number of rotatable bonds is 10. The van der Waals surface area contributed by atoms with Crippen LogP contribution in [0.5, 0.6) is 5.75 Å². The van der Waals surface area contributed by atoms with Gasteiger partial charge in [0.15, 0.2) is 0 Å². The maximum absolute atomic E-state index is 11.9. The van der Waals surface area contributed by atoms with E-state index in [9.17, 15) is 4.79 Å². The lowest BCUT2D eigenvalue weighted by molar-refractivity contribution is -0.130. The molecule has 118 valence electrons. The maximum atomic E-state index is 11.9. The standard InChI is InChI=1S/C17H27NO3/c1-15-9-4-5-10-16(15)21-14-8-11-17(20)18(2)12-6-3-7-13-19/h4-5,9-10,19H,3,6-8,11-14H2,1-2H3. The highest BCUT2D eigenvalue weighted by atomic mass is 16.5. The summed E-state index contributed by atoms with van der Waals surface area (Å²) in [6.07, 6.45) is 3.97. The second-order valence-electron chi connectivity index (χ2n) is 5.32. The van der Waals surface area contributed by atoms with Gasteiger partial charge in [0.25, 0.3) is 0 Å². The Labute approximate surface area is 127 Å². The van der Waals surface area contributed by atoms with E-state index in [1.54, 1.807) is 4.90 Å². The number of carbonyl (C=O) groups excluding carboxylic acids is 1. The van der Waals surface area contributed by atoms with Crippen LogP contribution >= 0.6 is 0 Å². The monoisotopic (exact) mass is 293 g/mol. The number of ether oxygens (including phenoxy) is 1. The van der Waals surface area contributed by atoms with Crippen LogP contribution < -0.4 is 4.74 Å². The molecule has 1 aromatic carbocycles. The number of nitrogens with zero attached hydrogens (tertiary/aromatic N) is 1. The molecular weight excluding hydrogens is 266 g/mol. The zero-order chi connectivity index (χ0) is 15.5. The molecule has 0 radical (unpaired) electrons. The Balaban J connectivity index is 2.14. The number of hydrogen-bond donors (Lipinski definition) is 1. The zero-order valence-electron chi connectivity index (χ0n) is 13.2. The zero-order valence-corrected chi connectivity index (χ0v) is 13.2. The summed E-state index contributed by atoms with van der Waals surface area (Å²) in [7, 11) is 1.84. The second-order valence-corrected chi connectivity index (χ2v) is 5.32. The van der Waals surface area contributed by atoms with Gasteiger partial charge < -0.3 is 14.7 Å². The Morgan fingerprint density at radius 2 is 1.95 bits per heavy atom. The number of amides is 1. The lowest BCUT2D eigenvalue weighted by atomic mass is 10.2. The minimum atomic E-state index is 0.160. The smallest absolute Gasteiger partial charge is 0.222 e. The molecule has 21 heavy (non-hydrogen) atoms. The number of hydrogen-bond acceptors (Lipinski definition) is 3. The minimum Gasteiger partial charge on any atom is -0.493 e. The van der Waals surface area contributed by atoms with Crippen LogP contribution in [0.4, 0.5) is 0 Å². The van der Waals surface area contributed by atoms with E-state index < -0.39 is 0 Å². The van der Waals surface area contributed by atoms with Crippen LogP contribution in [0.15, 0.2) is 24.3 Å². The van der Waals surface area contributed by atoms with Gasteiger partial charge in [-0.15, -0.1) is 0 Å². The quantitative estimate of drug-likeness (QED) is 0.675. The van der Waals surface area contributed by atoms with Crippen molar-refractivity contribution in [3.63, 3.8) is 0 Å². The van der Waals surface area contributed by atoms with Crippen LogP contribution in [0.3, 0.4) is 0 Å². The van der Waals surface area contributed by atoms with Crippen molar-refractivity contribution in [2.45, 2.75) is 39.0 Å². The summed E-state index contributed by atoms with van der Waals surface area (Å²) < 4.78 is 5.68. The Kier molecular flexibility index (Phi) is 8.51. The minimum absolute atomic E-state index is 0.160. The van der Waals surface area contributed by atoms with Crippen LogP contribution in [0.1, 0.15) is 37.7 Å². The number of aryl methyl sites for hydroxylation is 1. The number of carbonyl (C=O) groups is 1. The van der Waals surface area contributed by atoms with Gasteiger partial charge in [0.05, 0.1) is 6.61 Å². The molecule has 4 nitrogen and oxygen atoms in total. The molecule has 0 unspecified atom stereocenters. The summed E-state index contributed by atoms with van der Waals surface area (Å²) in [5, 5.41) is 8.70. The van der Waals surface area contributed by atoms with E-state index in [0.717, 1.165) is 43.5 Å². The maximum Gasteiger partial charge on any atom is 0.222 e. The molecule has 0 saturated heterocycles. The number of benzene rings is 1. The average Bonchev–Trinajstić information content (AvgIpc) is 2.49. The summed E-state index contributed by atoms with van der Waals surface area (Å²) in [4.78, 5) is 13.7. The molecule has 0 aliphatic rings. The molecule has 0 aliphatic heterocycles. The van der Waals surface area contributed by atoms with Gasteiger partial charge in [-0.1, -0.05) is 18.2 Å². The summed E-state index contributed by atoms with van der Waals surface area (Å²) in [5.41, 5.74) is 1.12. The van der Waals surface area contributed by atoms with E-state index in [1.807, 2.05) is 38.2 Å². The van der Waals surface area contributed by atoms with Crippen LogP contribution in [0.25, 0.3) is 0 Å². The molecule has 0 fully saturated rings. The molecule has 1 amide bonds. The van der Waals surface area contributed by atoms with Crippen molar-refractivity contribution in [1.82, 2.24) is 4.90 Å². The van der Waals surface area contributed by atoms with Crippen molar-refractivity contribution in [2.75, 3.05) is 26.8 Å². The van der Waals surface area contributed by atoms with Crippen molar-refractivity contribution in [2.24, 2.45) is 0 Å². The normalized spacial score (nSPS) is 10.4. The highest BCUT2D eigenvalue weighted by Gasteiger charge is 2.08. The molecule has 1 N–H and O–H groups in total.